The summed E-state index contributed by atoms with van der Waals surface area (Å²) in [6, 6.07) is 0. The molecule has 15 heavy (non-hydrogen) atoms. The molecule has 0 aromatic heterocycles. The van der Waals surface area contributed by atoms with Crippen molar-refractivity contribution in [2.24, 2.45) is 0 Å². The number of hydrogen-bond donors (Lipinski definition) is 3. The van der Waals surface area contributed by atoms with Crippen LogP contribution in [0.25, 0.3) is 0 Å². The molecular formula is C9H13NO3S2. The van der Waals surface area contributed by atoms with Crippen LogP contribution in [0.1, 0.15) is 16.7 Å². The lowest BCUT2D eigenvalue weighted by molar-refractivity contribution is 0.481. The second kappa shape index (κ2) is 3.70. The van der Waals surface area contributed by atoms with Gasteiger partial charge >= 0.3 is 0 Å². The zero-order valence-corrected chi connectivity index (χ0v) is 10.4. The summed E-state index contributed by atoms with van der Waals surface area (Å²) in [6.07, 6.45) is 0. The van der Waals surface area contributed by atoms with E-state index in [0.29, 0.717) is 21.7 Å². The lowest BCUT2D eigenvalue weighted by Crippen LogP contribution is -2.08. The Morgan fingerprint density at radius 3 is 2.00 bits per heavy atom. The number of anilines is 1. The fraction of sp³-hybridized carbons (Fsp3) is 0.333. The van der Waals surface area contributed by atoms with Crippen molar-refractivity contribution >= 4 is 28.4 Å². The summed E-state index contributed by atoms with van der Waals surface area (Å²) < 4.78 is 31.4. The molecule has 0 radical (unpaired) electrons. The van der Waals surface area contributed by atoms with Gasteiger partial charge in [-0.05, 0) is 37.5 Å². The van der Waals surface area contributed by atoms with Crippen LogP contribution < -0.4 is 5.73 Å². The molecule has 6 heteroatoms. The van der Waals surface area contributed by atoms with Crippen LogP contribution in [-0.4, -0.2) is 13.0 Å². The molecule has 0 unspecified atom stereocenters. The molecule has 1 rings (SSSR count). The van der Waals surface area contributed by atoms with E-state index in [1.807, 2.05) is 0 Å². The first-order valence-corrected chi connectivity index (χ1v) is 6.12. The van der Waals surface area contributed by atoms with E-state index in [9.17, 15) is 8.42 Å². The van der Waals surface area contributed by atoms with Crippen LogP contribution in [0.15, 0.2) is 9.79 Å². The maximum absolute atomic E-state index is 11.2. The quantitative estimate of drug-likeness (QED) is 0.401. The molecule has 0 bridgehead atoms. The van der Waals surface area contributed by atoms with E-state index in [1.54, 1.807) is 20.8 Å². The molecule has 0 atom stereocenters. The van der Waals surface area contributed by atoms with Crippen LogP contribution in [0.4, 0.5) is 5.69 Å². The highest BCUT2D eigenvalue weighted by atomic mass is 32.2. The molecule has 0 aliphatic carbocycles. The van der Waals surface area contributed by atoms with Crippen molar-refractivity contribution in [3.8, 4) is 0 Å². The summed E-state index contributed by atoms with van der Waals surface area (Å²) in [6.45, 7) is 4.90. The van der Waals surface area contributed by atoms with Crippen molar-refractivity contribution in [3.63, 3.8) is 0 Å². The topological polar surface area (TPSA) is 80.4 Å². The normalized spacial score (nSPS) is 11.8. The van der Waals surface area contributed by atoms with Crippen LogP contribution in [0, 0.1) is 20.8 Å². The van der Waals surface area contributed by atoms with E-state index in [4.69, 9.17) is 10.3 Å². The highest BCUT2D eigenvalue weighted by Gasteiger charge is 2.22. The van der Waals surface area contributed by atoms with Crippen molar-refractivity contribution in [2.75, 3.05) is 5.73 Å². The van der Waals surface area contributed by atoms with Gasteiger partial charge in [-0.1, -0.05) is 0 Å². The first-order valence-electron chi connectivity index (χ1n) is 4.23. The first kappa shape index (κ1) is 12.4. The van der Waals surface area contributed by atoms with Crippen LogP contribution in [0.3, 0.4) is 0 Å². The molecule has 0 saturated carbocycles. The largest absolute Gasteiger partial charge is 0.398 e. The summed E-state index contributed by atoms with van der Waals surface area (Å²) in [5.74, 6) is 0. The van der Waals surface area contributed by atoms with Crippen molar-refractivity contribution < 1.29 is 13.0 Å². The maximum Gasteiger partial charge on any atom is 0.295 e. The minimum absolute atomic E-state index is 0.143. The Bertz CT molecular complexity index is 492. The van der Waals surface area contributed by atoms with Crippen LogP contribution >= 0.6 is 12.6 Å². The number of nitrogen functional groups attached to an aromatic ring is 1. The Labute approximate surface area is 94.6 Å². The van der Waals surface area contributed by atoms with Gasteiger partial charge in [-0.25, -0.2) is 0 Å². The second-order valence-electron chi connectivity index (χ2n) is 3.44. The molecule has 3 N–H and O–H groups in total. The Balaban J connectivity index is 3.84. The molecular weight excluding hydrogens is 234 g/mol. The standard InChI is InChI=1S/C9H13NO3S2/c1-4-7(10)5(2)9(15(11,12)13)6(3)8(4)14/h14H,10H2,1-3H3,(H,11,12,13). The number of hydrogen-bond acceptors (Lipinski definition) is 4. The van der Waals surface area contributed by atoms with Gasteiger partial charge in [0, 0.05) is 10.6 Å². The molecule has 1 aromatic rings. The zero-order chi connectivity index (χ0) is 12.0. The number of benzene rings is 1. The third kappa shape index (κ3) is 1.97. The lowest BCUT2D eigenvalue weighted by atomic mass is 10.1. The predicted octanol–water partition coefficient (Wildman–Crippen LogP) is 1.73. The Hall–Kier alpha value is -0.720. The van der Waals surface area contributed by atoms with Crippen molar-refractivity contribution in [1.82, 2.24) is 0 Å². The van der Waals surface area contributed by atoms with E-state index in [0.717, 1.165) is 5.56 Å². The molecule has 0 aliphatic rings. The number of nitrogens with two attached hydrogens (primary N) is 1. The van der Waals surface area contributed by atoms with Gasteiger partial charge in [0.15, 0.2) is 0 Å². The third-order valence-corrected chi connectivity index (χ3v) is 4.26. The Morgan fingerprint density at radius 1 is 1.13 bits per heavy atom. The van der Waals surface area contributed by atoms with Gasteiger partial charge in [0.05, 0.1) is 0 Å². The van der Waals surface area contributed by atoms with Crippen LogP contribution in [0.5, 0.6) is 0 Å². The lowest BCUT2D eigenvalue weighted by Gasteiger charge is -2.15. The van der Waals surface area contributed by atoms with E-state index in [1.165, 1.54) is 0 Å². The highest BCUT2D eigenvalue weighted by molar-refractivity contribution is 7.86. The maximum atomic E-state index is 11.2. The molecule has 0 aliphatic heterocycles. The fourth-order valence-corrected chi connectivity index (χ4v) is 2.88. The molecule has 1 aromatic carbocycles. The first-order chi connectivity index (χ1) is 6.68. The van der Waals surface area contributed by atoms with E-state index in [2.05, 4.69) is 12.6 Å². The van der Waals surface area contributed by atoms with Gasteiger partial charge in [0.2, 0.25) is 0 Å². The third-order valence-electron chi connectivity index (χ3n) is 2.46. The minimum atomic E-state index is -4.25. The zero-order valence-electron chi connectivity index (χ0n) is 8.70. The Morgan fingerprint density at radius 2 is 1.60 bits per heavy atom. The SMILES string of the molecule is Cc1c(N)c(C)c(S(=O)(=O)O)c(C)c1S. The molecule has 0 amide bonds. The number of rotatable bonds is 1. The Kier molecular flexibility index (Phi) is 3.04. The number of thiol groups is 1. The highest BCUT2D eigenvalue weighted by Crippen LogP contribution is 2.33. The van der Waals surface area contributed by atoms with Gasteiger partial charge in [-0.3, -0.25) is 4.55 Å². The minimum Gasteiger partial charge on any atom is -0.398 e. The molecule has 0 spiro atoms. The van der Waals surface area contributed by atoms with Gasteiger partial charge in [-0.15, -0.1) is 12.6 Å². The van der Waals surface area contributed by atoms with Crippen molar-refractivity contribution in [2.45, 2.75) is 30.6 Å². The summed E-state index contributed by atoms with van der Waals surface area (Å²) in [5.41, 5.74) is 7.58. The van der Waals surface area contributed by atoms with E-state index >= 15 is 0 Å². The van der Waals surface area contributed by atoms with Gasteiger partial charge in [0.25, 0.3) is 10.1 Å². The van der Waals surface area contributed by atoms with Crippen LogP contribution in [0.2, 0.25) is 0 Å². The average molecular weight is 247 g/mol. The molecule has 0 fully saturated rings. The summed E-state index contributed by atoms with van der Waals surface area (Å²) in [7, 11) is -4.25. The molecule has 0 heterocycles. The van der Waals surface area contributed by atoms with Gasteiger partial charge < -0.3 is 5.73 Å². The molecule has 84 valence electrons. The monoisotopic (exact) mass is 247 g/mol. The van der Waals surface area contributed by atoms with Crippen LogP contribution in [-0.2, 0) is 10.1 Å². The smallest absolute Gasteiger partial charge is 0.295 e. The fourth-order valence-electron chi connectivity index (χ4n) is 1.59. The second-order valence-corrected chi connectivity index (χ2v) is 5.25. The average Bonchev–Trinajstić information content (AvgIpc) is 2.09. The van der Waals surface area contributed by atoms with E-state index < -0.39 is 10.1 Å². The van der Waals surface area contributed by atoms with Crippen molar-refractivity contribution in [1.29, 1.82) is 0 Å². The summed E-state index contributed by atoms with van der Waals surface area (Å²) in [4.78, 5) is 0.348. The molecule has 0 saturated heterocycles. The summed E-state index contributed by atoms with van der Waals surface area (Å²) in [5, 5.41) is 0. The predicted molar refractivity (Wildman–Crippen MR) is 62.1 cm³/mol. The van der Waals surface area contributed by atoms with E-state index in [-0.39, 0.29) is 4.90 Å². The van der Waals surface area contributed by atoms with Gasteiger partial charge in [0.1, 0.15) is 4.90 Å². The summed E-state index contributed by atoms with van der Waals surface area (Å²) >= 11 is 4.17. The van der Waals surface area contributed by atoms with Crippen molar-refractivity contribution in [3.05, 3.63) is 16.7 Å². The van der Waals surface area contributed by atoms with Gasteiger partial charge in [-0.2, -0.15) is 8.42 Å². The molecule has 4 nitrogen and oxygen atoms in total.